The Morgan fingerprint density at radius 3 is 2.68 bits per heavy atom. The standard InChI is InChI=1S/C18H27N5O3S2/c1-15-13-16(2)23(20-15)7-4-6-19-17(24)14-21-8-10-22(11-9-21)28(25,26)18-5-3-12-27-18/h3,5,12-13H,4,6-11,14H2,1-2H3,(H,19,24)/p+1. The number of piperazine rings is 1. The number of sulfonamides is 1. The maximum atomic E-state index is 12.5. The summed E-state index contributed by atoms with van der Waals surface area (Å²) in [5.41, 5.74) is 2.13. The van der Waals surface area contributed by atoms with Gasteiger partial charge in [0, 0.05) is 18.8 Å². The van der Waals surface area contributed by atoms with Crippen LogP contribution in [0.15, 0.2) is 27.8 Å². The number of nitrogens with zero attached hydrogens (tertiary/aromatic N) is 3. The molecule has 0 saturated carbocycles. The Morgan fingerprint density at radius 1 is 1.32 bits per heavy atom. The van der Waals surface area contributed by atoms with Crippen LogP contribution in [0.2, 0.25) is 0 Å². The molecule has 0 aliphatic carbocycles. The van der Waals surface area contributed by atoms with E-state index in [4.69, 9.17) is 0 Å². The van der Waals surface area contributed by atoms with Crippen LogP contribution in [0.4, 0.5) is 0 Å². The van der Waals surface area contributed by atoms with Crippen molar-refractivity contribution in [1.82, 2.24) is 19.4 Å². The Bertz CT molecular complexity index is 884. The number of quaternary nitrogens is 1. The summed E-state index contributed by atoms with van der Waals surface area (Å²) in [5, 5.41) is 9.14. The lowest BCUT2D eigenvalue weighted by molar-refractivity contribution is -0.895. The molecule has 1 saturated heterocycles. The third-order valence-corrected chi connectivity index (χ3v) is 8.17. The van der Waals surface area contributed by atoms with Gasteiger partial charge in [-0.3, -0.25) is 9.48 Å². The number of nitrogens with one attached hydrogen (secondary N) is 2. The van der Waals surface area contributed by atoms with Crippen LogP contribution < -0.4 is 10.2 Å². The first-order valence-electron chi connectivity index (χ1n) is 9.51. The summed E-state index contributed by atoms with van der Waals surface area (Å²) in [6.45, 7) is 7.96. The molecule has 10 heteroatoms. The van der Waals surface area contributed by atoms with Crippen LogP contribution in [0.25, 0.3) is 0 Å². The van der Waals surface area contributed by atoms with Gasteiger partial charge < -0.3 is 10.2 Å². The summed E-state index contributed by atoms with van der Waals surface area (Å²) in [7, 11) is -3.39. The molecule has 1 aliphatic heterocycles. The second kappa shape index (κ2) is 9.17. The number of carbonyl (C=O) groups is 1. The zero-order valence-corrected chi connectivity index (χ0v) is 18.0. The number of aromatic nitrogens is 2. The zero-order valence-electron chi connectivity index (χ0n) is 16.3. The number of hydrogen-bond donors (Lipinski definition) is 2. The Kier molecular flexibility index (Phi) is 6.86. The number of thiophene rings is 1. The minimum Gasteiger partial charge on any atom is -0.351 e. The SMILES string of the molecule is Cc1cc(C)n(CCCNC(=O)C[NH+]2CCN(S(=O)(=O)c3cccs3)CC2)n1. The van der Waals surface area contributed by atoms with Gasteiger partial charge >= 0.3 is 0 Å². The molecule has 0 atom stereocenters. The molecule has 2 aromatic heterocycles. The Balaban J connectivity index is 1.36. The Morgan fingerprint density at radius 2 is 2.07 bits per heavy atom. The molecule has 2 aromatic rings. The summed E-state index contributed by atoms with van der Waals surface area (Å²) in [5.74, 6) is 0.0120. The molecule has 8 nitrogen and oxygen atoms in total. The highest BCUT2D eigenvalue weighted by molar-refractivity contribution is 7.91. The largest absolute Gasteiger partial charge is 0.351 e. The predicted octanol–water partition coefficient (Wildman–Crippen LogP) is -0.343. The number of hydrogen-bond acceptors (Lipinski definition) is 5. The lowest BCUT2D eigenvalue weighted by atomic mass is 10.3. The lowest BCUT2D eigenvalue weighted by Gasteiger charge is -2.30. The third-order valence-electron chi connectivity index (χ3n) is 4.90. The van der Waals surface area contributed by atoms with E-state index in [-0.39, 0.29) is 5.91 Å². The number of amides is 1. The molecule has 0 bridgehead atoms. The van der Waals surface area contributed by atoms with Crippen LogP contribution in [0, 0.1) is 13.8 Å². The normalized spacial score (nSPS) is 16.4. The molecular formula is C18H28N5O3S2+. The second-order valence-electron chi connectivity index (χ2n) is 7.12. The van der Waals surface area contributed by atoms with Gasteiger partial charge in [-0.2, -0.15) is 9.40 Å². The van der Waals surface area contributed by atoms with E-state index in [2.05, 4.69) is 10.4 Å². The first-order valence-corrected chi connectivity index (χ1v) is 11.8. The van der Waals surface area contributed by atoms with E-state index in [1.807, 2.05) is 24.6 Å². The maximum absolute atomic E-state index is 12.5. The molecule has 2 N–H and O–H groups in total. The van der Waals surface area contributed by atoms with E-state index in [1.165, 1.54) is 15.6 Å². The van der Waals surface area contributed by atoms with Gasteiger partial charge in [-0.1, -0.05) is 6.07 Å². The Hall–Kier alpha value is -1.75. The highest BCUT2D eigenvalue weighted by Crippen LogP contribution is 2.20. The summed E-state index contributed by atoms with van der Waals surface area (Å²) in [6, 6.07) is 5.43. The van der Waals surface area contributed by atoms with Crippen LogP contribution in [0.5, 0.6) is 0 Å². The van der Waals surface area contributed by atoms with E-state index in [0.717, 1.165) is 29.3 Å². The maximum Gasteiger partial charge on any atom is 0.275 e. The molecule has 154 valence electrons. The summed E-state index contributed by atoms with van der Waals surface area (Å²) >= 11 is 1.24. The third kappa shape index (κ3) is 5.19. The molecular weight excluding hydrogens is 398 g/mol. The van der Waals surface area contributed by atoms with Crippen molar-refractivity contribution < 1.29 is 18.1 Å². The van der Waals surface area contributed by atoms with Gasteiger partial charge in [-0.25, -0.2) is 8.42 Å². The van der Waals surface area contributed by atoms with Crippen molar-refractivity contribution in [1.29, 1.82) is 0 Å². The summed E-state index contributed by atoms with van der Waals surface area (Å²) < 4.78 is 28.9. The van der Waals surface area contributed by atoms with Gasteiger partial charge in [-0.05, 0) is 37.8 Å². The molecule has 0 aromatic carbocycles. The van der Waals surface area contributed by atoms with Crippen LogP contribution in [-0.4, -0.2) is 67.7 Å². The number of carbonyl (C=O) groups excluding carboxylic acids is 1. The molecule has 1 amide bonds. The molecule has 1 fully saturated rings. The second-order valence-corrected chi connectivity index (χ2v) is 10.2. The molecule has 0 radical (unpaired) electrons. The monoisotopic (exact) mass is 426 g/mol. The number of rotatable bonds is 8. The van der Waals surface area contributed by atoms with Gasteiger partial charge in [0.05, 0.1) is 31.9 Å². The molecule has 28 heavy (non-hydrogen) atoms. The van der Waals surface area contributed by atoms with E-state index >= 15 is 0 Å². The van der Waals surface area contributed by atoms with Crippen molar-refractivity contribution in [3.8, 4) is 0 Å². The molecule has 0 unspecified atom stereocenters. The lowest BCUT2D eigenvalue weighted by Crippen LogP contribution is -3.15. The van der Waals surface area contributed by atoms with Crippen molar-refractivity contribution >= 4 is 27.3 Å². The van der Waals surface area contributed by atoms with Crippen LogP contribution in [-0.2, 0) is 21.4 Å². The molecule has 3 heterocycles. The van der Waals surface area contributed by atoms with Gasteiger partial charge in [0.2, 0.25) is 0 Å². The highest BCUT2D eigenvalue weighted by atomic mass is 32.2. The van der Waals surface area contributed by atoms with Crippen molar-refractivity contribution in [2.45, 2.75) is 31.0 Å². The smallest absolute Gasteiger partial charge is 0.275 e. The summed E-state index contributed by atoms with van der Waals surface area (Å²) in [6.07, 6.45) is 0.829. The molecule has 1 aliphatic rings. The first-order chi connectivity index (χ1) is 13.4. The highest BCUT2D eigenvalue weighted by Gasteiger charge is 2.31. The van der Waals surface area contributed by atoms with Gasteiger partial charge in [0.25, 0.3) is 15.9 Å². The van der Waals surface area contributed by atoms with Gasteiger partial charge in [-0.15, -0.1) is 11.3 Å². The van der Waals surface area contributed by atoms with Crippen LogP contribution in [0.3, 0.4) is 0 Å². The van der Waals surface area contributed by atoms with Crippen LogP contribution >= 0.6 is 11.3 Å². The fourth-order valence-corrected chi connectivity index (χ4v) is 5.99. The minimum atomic E-state index is -3.39. The quantitative estimate of drug-likeness (QED) is 0.565. The van der Waals surface area contributed by atoms with Gasteiger partial charge in [0.15, 0.2) is 6.54 Å². The zero-order chi connectivity index (χ0) is 20.1. The Labute approximate surface area is 170 Å². The van der Waals surface area contributed by atoms with E-state index in [9.17, 15) is 13.2 Å². The molecule has 0 spiro atoms. The van der Waals surface area contributed by atoms with E-state index in [0.29, 0.717) is 43.5 Å². The average molecular weight is 427 g/mol. The number of aryl methyl sites for hydroxylation is 3. The predicted molar refractivity (Wildman–Crippen MR) is 108 cm³/mol. The first kappa shape index (κ1) is 21.0. The minimum absolute atomic E-state index is 0.0120. The van der Waals surface area contributed by atoms with E-state index < -0.39 is 10.0 Å². The van der Waals surface area contributed by atoms with E-state index in [1.54, 1.807) is 17.5 Å². The van der Waals surface area contributed by atoms with Crippen molar-refractivity contribution in [3.63, 3.8) is 0 Å². The summed E-state index contributed by atoms with van der Waals surface area (Å²) in [4.78, 5) is 13.3. The fourth-order valence-electron chi connectivity index (χ4n) is 3.40. The van der Waals surface area contributed by atoms with Crippen molar-refractivity contribution in [2.24, 2.45) is 0 Å². The van der Waals surface area contributed by atoms with Crippen molar-refractivity contribution in [2.75, 3.05) is 39.3 Å². The van der Waals surface area contributed by atoms with Crippen molar-refractivity contribution in [3.05, 3.63) is 35.0 Å². The fraction of sp³-hybridized carbons (Fsp3) is 0.556. The molecule has 3 rings (SSSR count). The van der Waals surface area contributed by atoms with Crippen LogP contribution in [0.1, 0.15) is 17.8 Å². The average Bonchev–Trinajstić information content (AvgIpc) is 3.29. The van der Waals surface area contributed by atoms with Gasteiger partial charge in [0.1, 0.15) is 4.21 Å². The topological polar surface area (TPSA) is 88.7 Å².